The van der Waals surface area contributed by atoms with E-state index in [0.717, 1.165) is 16.8 Å². The van der Waals surface area contributed by atoms with E-state index in [1.54, 1.807) is 30.3 Å². The van der Waals surface area contributed by atoms with Gasteiger partial charge in [0.1, 0.15) is 24.4 Å². The number of esters is 1. The lowest BCUT2D eigenvalue weighted by atomic mass is 9.95. The van der Waals surface area contributed by atoms with Crippen LogP contribution in [-0.2, 0) is 9.47 Å². The van der Waals surface area contributed by atoms with Crippen molar-refractivity contribution in [1.82, 2.24) is 9.55 Å². The number of hydrogen-bond acceptors (Lipinski definition) is 7. The highest BCUT2D eigenvalue weighted by atomic mass is 16.6. The largest absolute Gasteiger partial charge is 0.459 e. The quantitative estimate of drug-likeness (QED) is 0.619. The van der Waals surface area contributed by atoms with Gasteiger partial charge in [0.2, 0.25) is 0 Å². The van der Waals surface area contributed by atoms with Crippen molar-refractivity contribution in [3.05, 3.63) is 69.0 Å². The molecule has 1 aliphatic heterocycles. The molecule has 0 radical (unpaired) electrons. The van der Waals surface area contributed by atoms with Crippen LogP contribution in [-0.4, -0.2) is 50.1 Å². The summed E-state index contributed by atoms with van der Waals surface area (Å²) in [5, 5.41) is 20.9. The van der Waals surface area contributed by atoms with Crippen LogP contribution in [0.25, 0.3) is 0 Å². The first-order chi connectivity index (χ1) is 12.3. The lowest BCUT2D eigenvalue weighted by molar-refractivity contribution is -0.0845. The summed E-state index contributed by atoms with van der Waals surface area (Å²) in [7, 11) is 0. The highest BCUT2D eigenvalue weighted by Crippen LogP contribution is 2.36. The summed E-state index contributed by atoms with van der Waals surface area (Å²) in [6.45, 7) is 0.988. The van der Waals surface area contributed by atoms with E-state index in [1.807, 2.05) is 4.98 Å². The molecule has 3 rings (SSSR count). The molecule has 2 heterocycles. The molecule has 0 saturated carbocycles. The van der Waals surface area contributed by atoms with Crippen molar-refractivity contribution in [3.8, 4) is 0 Å². The molecular formula is C17H18N2O7. The second-order valence-electron chi connectivity index (χ2n) is 6.17. The van der Waals surface area contributed by atoms with Gasteiger partial charge in [-0.2, -0.15) is 0 Å². The lowest BCUT2D eigenvalue weighted by Crippen LogP contribution is -2.47. The summed E-state index contributed by atoms with van der Waals surface area (Å²) in [6, 6.07) is 9.36. The highest BCUT2D eigenvalue weighted by molar-refractivity contribution is 5.89. The molecular weight excluding hydrogens is 344 g/mol. The van der Waals surface area contributed by atoms with Crippen molar-refractivity contribution in [2.24, 2.45) is 0 Å². The van der Waals surface area contributed by atoms with E-state index in [2.05, 4.69) is 0 Å². The number of aliphatic hydroxyl groups is 2. The van der Waals surface area contributed by atoms with Crippen molar-refractivity contribution < 1.29 is 24.5 Å². The smallest absolute Gasteiger partial charge is 0.338 e. The molecule has 9 nitrogen and oxygen atoms in total. The van der Waals surface area contributed by atoms with Crippen LogP contribution < -0.4 is 11.2 Å². The number of nitrogens with one attached hydrogen (secondary N) is 1. The molecule has 9 heteroatoms. The fourth-order valence-electron chi connectivity index (χ4n) is 2.72. The Hall–Kier alpha value is -2.75. The van der Waals surface area contributed by atoms with Crippen molar-refractivity contribution >= 4 is 5.97 Å². The zero-order valence-electron chi connectivity index (χ0n) is 13.9. The molecule has 138 valence electrons. The summed E-state index contributed by atoms with van der Waals surface area (Å²) in [5.74, 6) is -0.607. The summed E-state index contributed by atoms with van der Waals surface area (Å²) in [5.41, 5.74) is -2.84. The molecule has 0 amide bonds. The van der Waals surface area contributed by atoms with Gasteiger partial charge in [0, 0.05) is 12.3 Å². The van der Waals surface area contributed by atoms with Crippen molar-refractivity contribution in [2.45, 2.75) is 31.0 Å². The van der Waals surface area contributed by atoms with Gasteiger partial charge in [-0.05, 0) is 19.1 Å². The monoisotopic (exact) mass is 362 g/mol. The number of aliphatic hydroxyl groups excluding tert-OH is 1. The van der Waals surface area contributed by atoms with Gasteiger partial charge in [0.05, 0.1) is 5.56 Å². The number of carbonyl (C=O) groups excluding carboxylic acids is 1. The van der Waals surface area contributed by atoms with Crippen LogP contribution in [0, 0.1) is 0 Å². The maximum absolute atomic E-state index is 12.0. The van der Waals surface area contributed by atoms with Gasteiger partial charge in [-0.3, -0.25) is 14.3 Å². The number of ether oxygens (including phenoxy) is 2. The average Bonchev–Trinajstić information content (AvgIpc) is 2.84. The van der Waals surface area contributed by atoms with Crippen LogP contribution in [0.15, 0.2) is 52.2 Å². The molecule has 1 aromatic carbocycles. The van der Waals surface area contributed by atoms with Crippen molar-refractivity contribution in [3.63, 3.8) is 0 Å². The fourth-order valence-corrected chi connectivity index (χ4v) is 2.72. The van der Waals surface area contributed by atoms with E-state index in [4.69, 9.17) is 9.47 Å². The molecule has 0 spiro atoms. The zero-order valence-corrected chi connectivity index (χ0v) is 13.9. The predicted octanol–water partition coefficient (Wildman–Crippen LogP) is -0.597. The van der Waals surface area contributed by atoms with Gasteiger partial charge in [0.15, 0.2) is 6.23 Å². The summed E-state index contributed by atoms with van der Waals surface area (Å²) in [6.07, 6.45) is -2.64. The zero-order chi connectivity index (χ0) is 18.9. The highest BCUT2D eigenvalue weighted by Gasteiger charge is 2.53. The minimum atomic E-state index is -1.78. The average molecular weight is 362 g/mol. The number of aromatic amines is 1. The summed E-state index contributed by atoms with van der Waals surface area (Å²) >= 11 is 0. The van der Waals surface area contributed by atoms with Gasteiger partial charge in [0.25, 0.3) is 5.56 Å². The maximum atomic E-state index is 12.0. The van der Waals surface area contributed by atoms with Gasteiger partial charge in [-0.25, -0.2) is 9.59 Å². The molecule has 26 heavy (non-hydrogen) atoms. The first kappa shape index (κ1) is 18.1. The molecule has 1 aliphatic rings. The Morgan fingerprint density at radius 1 is 1.31 bits per heavy atom. The van der Waals surface area contributed by atoms with Gasteiger partial charge >= 0.3 is 11.7 Å². The number of H-pyrrole nitrogens is 1. The molecule has 0 bridgehead atoms. The topological polar surface area (TPSA) is 131 Å². The van der Waals surface area contributed by atoms with Crippen molar-refractivity contribution in [2.75, 3.05) is 6.61 Å². The number of nitrogens with zero attached hydrogens (tertiary/aromatic N) is 1. The molecule has 4 atom stereocenters. The molecule has 0 aliphatic carbocycles. The van der Waals surface area contributed by atoms with Crippen LogP contribution in [0.1, 0.15) is 23.5 Å². The van der Waals surface area contributed by atoms with Gasteiger partial charge < -0.3 is 19.7 Å². The molecule has 2 unspecified atom stereocenters. The van der Waals surface area contributed by atoms with E-state index >= 15 is 0 Å². The third-order valence-corrected chi connectivity index (χ3v) is 4.33. The molecule has 1 fully saturated rings. The fraction of sp³-hybridized carbons (Fsp3) is 0.353. The Morgan fingerprint density at radius 2 is 2.00 bits per heavy atom. The third kappa shape index (κ3) is 3.32. The van der Waals surface area contributed by atoms with Crippen LogP contribution in [0.4, 0.5) is 0 Å². The standard InChI is InChI=1S/C17H18N2O7/c1-17(24)11(9-25-15(22)10-5-3-2-4-6-10)26-14(13(17)21)19-8-7-12(20)18-16(19)23/h2-8,11,13-14,21,24H,9H2,1H3,(H,18,20,23)/t11-,13?,14-,17?/m1/s1. The Balaban J connectivity index is 1.75. The lowest BCUT2D eigenvalue weighted by Gasteiger charge is -2.26. The number of carbonyl (C=O) groups is 1. The van der Waals surface area contributed by atoms with Crippen molar-refractivity contribution in [1.29, 1.82) is 0 Å². The summed E-state index contributed by atoms with van der Waals surface area (Å²) < 4.78 is 11.7. The number of aromatic nitrogens is 2. The van der Waals surface area contributed by atoms with Gasteiger partial charge in [-0.1, -0.05) is 18.2 Å². The Labute approximate surface area is 147 Å². The first-order valence-corrected chi connectivity index (χ1v) is 7.90. The summed E-state index contributed by atoms with van der Waals surface area (Å²) in [4.78, 5) is 37.1. The third-order valence-electron chi connectivity index (χ3n) is 4.33. The predicted molar refractivity (Wildman–Crippen MR) is 88.6 cm³/mol. The minimum Gasteiger partial charge on any atom is -0.459 e. The second kappa shape index (κ2) is 6.87. The number of hydrogen-bond donors (Lipinski definition) is 3. The first-order valence-electron chi connectivity index (χ1n) is 7.90. The number of rotatable bonds is 4. The Kier molecular flexibility index (Phi) is 4.77. The maximum Gasteiger partial charge on any atom is 0.338 e. The van der Waals surface area contributed by atoms with E-state index in [0.29, 0.717) is 5.56 Å². The van der Waals surface area contributed by atoms with E-state index in [-0.39, 0.29) is 6.61 Å². The second-order valence-corrected chi connectivity index (χ2v) is 6.17. The van der Waals surface area contributed by atoms with Crippen LogP contribution in [0.2, 0.25) is 0 Å². The Morgan fingerprint density at radius 3 is 2.65 bits per heavy atom. The van der Waals surface area contributed by atoms with Crippen LogP contribution in [0.5, 0.6) is 0 Å². The molecule has 1 aromatic heterocycles. The molecule has 3 N–H and O–H groups in total. The normalized spacial score (nSPS) is 28.0. The van der Waals surface area contributed by atoms with E-state index in [9.17, 15) is 24.6 Å². The van der Waals surface area contributed by atoms with E-state index in [1.165, 1.54) is 6.92 Å². The van der Waals surface area contributed by atoms with Crippen LogP contribution in [0.3, 0.4) is 0 Å². The Bertz CT molecular complexity index is 903. The van der Waals surface area contributed by atoms with Crippen LogP contribution >= 0.6 is 0 Å². The SMILES string of the molecule is CC1(O)C(O)[C@H](n2ccc(=O)[nH]c2=O)O[C@@H]1COC(=O)c1ccccc1. The molecule has 1 saturated heterocycles. The van der Waals surface area contributed by atoms with E-state index < -0.39 is 41.3 Å². The molecule has 2 aromatic rings. The van der Waals surface area contributed by atoms with Gasteiger partial charge in [-0.15, -0.1) is 0 Å². The number of benzene rings is 1. The minimum absolute atomic E-state index is 0.327.